The molecule has 1 aromatic heterocycles. The first-order valence-corrected chi connectivity index (χ1v) is 8.38. The van der Waals surface area contributed by atoms with Crippen LogP contribution < -0.4 is 5.32 Å². The number of hydrogen-bond donors (Lipinski definition) is 2. The average molecular weight is 295 g/mol. The van der Waals surface area contributed by atoms with E-state index in [0.717, 1.165) is 50.0 Å². The maximum absolute atomic E-state index is 11.7. The Morgan fingerprint density at radius 1 is 1.50 bits per heavy atom. The van der Waals surface area contributed by atoms with Crippen LogP contribution in [-0.2, 0) is 10.5 Å². The minimum absolute atomic E-state index is 0.399. The molecule has 0 saturated heterocycles. The number of carboxylic acid groups (broad SMARTS) is 1. The Hall–Kier alpha value is -0.940. The van der Waals surface area contributed by atoms with E-state index in [1.54, 1.807) is 6.26 Å². The first-order chi connectivity index (χ1) is 9.68. The minimum Gasteiger partial charge on any atom is -0.480 e. The van der Waals surface area contributed by atoms with Crippen molar-refractivity contribution in [3.63, 3.8) is 0 Å². The van der Waals surface area contributed by atoms with Crippen molar-refractivity contribution < 1.29 is 14.3 Å². The van der Waals surface area contributed by atoms with Crippen LogP contribution in [-0.4, -0.2) is 27.9 Å². The number of carbonyl (C=O) groups is 1. The topological polar surface area (TPSA) is 62.5 Å². The van der Waals surface area contributed by atoms with Crippen molar-refractivity contribution in [1.82, 2.24) is 5.32 Å². The molecule has 0 amide bonds. The third-order valence-corrected chi connectivity index (χ3v) is 5.54. The summed E-state index contributed by atoms with van der Waals surface area (Å²) in [6.45, 7) is 0. The molecule has 2 atom stereocenters. The molecule has 2 aliphatic carbocycles. The zero-order valence-electron chi connectivity index (χ0n) is 11.5. The Morgan fingerprint density at radius 3 is 3.00 bits per heavy atom. The van der Waals surface area contributed by atoms with Crippen molar-refractivity contribution in [3.8, 4) is 0 Å². The van der Waals surface area contributed by atoms with E-state index in [1.165, 1.54) is 0 Å². The van der Waals surface area contributed by atoms with Crippen LogP contribution in [0.5, 0.6) is 0 Å². The molecule has 2 aliphatic rings. The Labute approximate surface area is 123 Å². The van der Waals surface area contributed by atoms with Gasteiger partial charge in [0.1, 0.15) is 11.3 Å². The molecule has 0 bridgehead atoms. The molecular weight excluding hydrogens is 274 g/mol. The fourth-order valence-electron chi connectivity index (χ4n) is 2.97. The van der Waals surface area contributed by atoms with E-state index in [1.807, 2.05) is 23.9 Å². The summed E-state index contributed by atoms with van der Waals surface area (Å²) in [6.07, 6.45) is 7.51. The average Bonchev–Trinajstić information content (AvgIpc) is 3.08. The maximum Gasteiger partial charge on any atom is 0.323 e. The monoisotopic (exact) mass is 295 g/mol. The van der Waals surface area contributed by atoms with Crippen LogP contribution in [0.25, 0.3) is 0 Å². The van der Waals surface area contributed by atoms with Crippen molar-refractivity contribution in [2.24, 2.45) is 0 Å². The number of furan rings is 1. The fraction of sp³-hybridized carbons (Fsp3) is 0.667. The molecule has 1 heterocycles. The molecule has 0 spiro atoms. The molecule has 1 aromatic rings. The van der Waals surface area contributed by atoms with Crippen LogP contribution in [0.15, 0.2) is 22.8 Å². The van der Waals surface area contributed by atoms with Crippen LogP contribution in [0, 0.1) is 0 Å². The van der Waals surface area contributed by atoms with Gasteiger partial charge in [-0.25, -0.2) is 0 Å². The molecule has 5 heteroatoms. The number of carboxylic acids is 1. The summed E-state index contributed by atoms with van der Waals surface area (Å²) in [7, 11) is 0. The Bertz CT molecular complexity index is 458. The van der Waals surface area contributed by atoms with E-state index in [-0.39, 0.29) is 0 Å². The summed E-state index contributed by atoms with van der Waals surface area (Å²) in [5.74, 6) is 1.13. The fourth-order valence-corrected chi connectivity index (χ4v) is 4.27. The normalized spacial score (nSPS) is 30.3. The first-order valence-electron chi connectivity index (χ1n) is 7.33. The van der Waals surface area contributed by atoms with Crippen molar-refractivity contribution >= 4 is 17.7 Å². The van der Waals surface area contributed by atoms with Gasteiger partial charge in [-0.15, -0.1) is 0 Å². The van der Waals surface area contributed by atoms with Crippen molar-refractivity contribution in [2.45, 2.75) is 61.1 Å². The first kappa shape index (κ1) is 14.0. The van der Waals surface area contributed by atoms with Gasteiger partial charge in [-0.1, -0.05) is 0 Å². The molecule has 110 valence electrons. The van der Waals surface area contributed by atoms with Gasteiger partial charge in [0, 0.05) is 11.3 Å². The molecule has 0 aromatic carbocycles. The van der Waals surface area contributed by atoms with Crippen LogP contribution >= 0.6 is 11.8 Å². The molecule has 2 N–H and O–H groups in total. The smallest absolute Gasteiger partial charge is 0.323 e. The largest absolute Gasteiger partial charge is 0.480 e. The molecule has 2 unspecified atom stereocenters. The van der Waals surface area contributed by atoms with Gasteiger partial charge < -0.3 is 9.52 Å². The van der Waals surface area contributed by atoms with Gasteiger partial charge >= 0.3 is 5.97 Å². The second kappa shape index (κ2) is 5.82. The van der Waals surface area contributed by atoms with E-state index in [2.05, 4.69) is 5.32 Å². The highest BCUT2D eigenvalue weighted by Gasteiger charge is 2.45. The van der Waals surface area contributed by atoms with E-state index in [0.29, 0.717) is 11.3 Å². The highest BCUT2D eigenvalue weighted by atomic mass is 32.2. The van der Waals surface area contributed by atoms with Crippen LogP contribution in [0.1, 0.15) is 44.3 Å². The van der Waals surface area contributed by atoms with Crippen LogP contribution in [0.4, 0.5) is 0 Å². The van der Waals surface area contributed by atoms with Crippen LogP contribution in [0.3, 0.4) is 0 Å². The summed E-state index contributed by atoms with van der Waals surface area (Å²) >= 11 is 1.83. The number of nitrogens with one attached hydrogen (secondary N) is 1. The summed E-state index contributed by atoms with van der Waals surface area (Å²) in [5, 5.41) is 13.4. The van der Waals surface area contributed by atoms with Gasteiger partial charge in [0.2, 0.25) is 0 Å². The number of aliphatic carboxylic acids is 1. The Kier molecular flexibility index (Phi) is 4.08. The summed E-state index contributed by atoms with van der Waals surface area (Å²) in [6, 6.07) is 4.30. The van der Waals surface area contributed by atoms with E-state index in [4.69, 9.17) is 4.42 Å². The zero-order chi connectivity index (χ0) is 14.0. The summed E-state index contributed by atoms with van der Waals surface area (Å²) in [4.78, 5) is 11.7. The number of thioether (sulfide) groups is 1. The molecule has 2 saturated carbocycles. The summed E-state index contributed by atoms with van der Waals surface area (Å²) < 4.78 is 5.35. The van der Waals surface area contributed by atoms with E-state index >= 15 is 0 Å². The maximum atomic E-state index is 11.7. The molecule has 3 rings (SSSR count). The van der Waals surface area contributed by atoms with Gasteiger partial charge in [0.15, 0.2) is 0 Å². The second-order valence-electron chi connectivity index (χ2n) is 5.91. The molecule has 0 aliphatic heterocycles. The third-order valence-electron chi connectivity index (χ3n) is 4.21. The van der Waals surface area contributed by atoms with Crippen molar-refractivity contribution in [1.29, 1.82) is 0 Å². The van der Waals surface area contributed by atoms with Gasteiger partial charge in [0.05, 0.1) is 12.0 Å². The lowest BCUT2D eigenvalue weighted by atomic mass is 9.81. The zero-order valence-corrected chi connectivity index (χ0v) is 12.3. The third kappa shape index (κ3) is 3.20. The van der Waals surface area contributed by atoms with E-state index in [9.17, 15) is 9.90 Å². The van der Waals surface area contributed by atoms with Gasteiger partial charge in [-0.2, -0.15) is 11.8 Å². The predicted molar refractivity (Wildman–Crippen MR) is 78.8 cm³/mol. The van der Waals surface area contributed by atoms with Gasteiger partial charge in [0.25, 0.3) is 0 Å². The van der Waals surface area contributed by atoms with Gasteiger partial charge in [-0.3, -0.25) is 10.1 Å². The van der Waals surface area contributed by atoms with E-state index < -0.39 is 11.5 Å². The minimum atomic E-state index is -0.694. The van der Waals surface area contributed by atoms with Gasteiger partial charge in [-0.05, 0) is 50.7 Å². The quantitative estimate of drug-likeness (QED) is 0.844. The highest BCUT2D eigenvalue weighted by Crippen LogP contribution is 2.38. The lowest BCUT2D eigenvalue weighted by molar-refractivity contribution is -0.146. The lowest BCUT2D eigenvalue weighted by Gasteiger charge is -2.38. The molecular formula is C15H21NO3S. The summed E-state index contributed by atoms with van der Waals surface area (Å²) in [5.41, 5.74) is -0.694. The lowest BCUT2D eigenvalue weighted by Crippen LogP contribution is -2.56. The van der Waals surface area contributed by atoms with Crippen LogP contribution in [0.2, 0.25) is 0 Å². The number of hydrogen-bond acceptors (Lipinski definition) is 4. The highest BCUT2D eigenvalue weighted by molar-refractivity contribution is 7.99. The predicted octanol–water partition coefficient (Wildman–Crippen LogP) is 3.03. The standard InChI is InChI=1S/C15H21NO3S/c17-14(18)15(16-11-5-6-11)7-1-4-13(9-15)20-10-12-3-2-8-19-12/h2-3,8,11,13,16H,1,4-7,9-10H2,(H,17,18). The molecule has 2 fully saturated rings. The molecule has 4 nitrogen and oxygen atoms in total. The van der Waals surface area contributed by atoms with Crippen molar-refractivity contribution in [3.05, 3.63) is 24.2 Å². The Morgan fingerprint density at radius 2 is 2.35 bits per heavy atom. The molecule has 0 radical (unpaired) electrons. The van der Waals surface area contributed by atoms with Crippen molar-refractivity contribution in [2.75, 3.05) is 0 Å². The molecule has 20 heavy (non-hydrogen) atoms. The Balaban J connectivity index is 1.60. The SMILES string of the molecule is O=C(O)C1(NC2CC2)CCCC(SCc2ccco2)C1. The second-order valence-corrected chi connectivity index (χ2v) is 7.20. The number of rotatable bonds is 6.